The summed E-state index contributed by atoms with van der Waals surface area (Å²) in [6, 6.07) is 12.7. The van der Waals surface area contributed by atoms with Gasteiger partial charge in [0.1, 0.15) is 5.78 Å². The molecule has 2 aromatic rings. The van der Waals surface area contributed by atoms with E-state index in [2.05, 4.69) is 23.5 Å². The Morgan fingerprint density at radius 1 is 1.10 bits per heavy atom. The van der Waals surface area contributed by atoms with E-state index in [-0.39, 0.29) is 16.7 Å². The molecular formula is C24H31ClN2O3S. The molecule has 1 saturated carbocycles. The summed E-state index contributed by atoms with van der Waals surface area (Å²) in [5, 5.41) is 3.75. The molecule has 0 unspecified atom stereocenters. The topological polar surface area (TPSA) is 66.5 Å². The highest BCUT2D eigenvalue weighted by Crippen LogP contribution is 2.37. The van der Waals surface area contributed by atoms with Crippen molar-refractivity contribution in [1.29, 1.82) is 0 Å². The van der Waals surface area contributed by atoms with E-state index in [9.17, 15) is 13.2 Å². The van der Waals surface area contributed by atoms with E-state index in [1.54, 1.807) is 38.2 Å². The number of rotatable bonds is 8. The van der Waals surface area contributed by atoms with Gasteiger partial charge >= 0.3 is 0 Å². The summed E-state index contributed by atoms with van der Waals surface area (Å²) in [4.78, 5) is 11.8. The summed E-state index contributed by atoms with van der Waals surface area (Å²) in [5.74, 6) is 0.561. The van der Waals surface area contributed by atoms with E-state index in [4.69, 9.17) is 11.6 Å². The van der Waals surface area contributed by atoms with E-state index in [0.717, 1.165) is 37.8 Å². The molecular weight excluding hydrogens is 432 g/mol. The molecule has 1 aliphatic rings. The monoisotopic (exact) mass is 462 g/mol. The highest BCUT2D eigenvalue weighted by molar-refractivity contribution is 7.89. The smallest absolute Gasteiger partial charge is 0.243 e. The molecule has 0 spiro atoms. The van der Waals surface area contributed by atoms with Crippen LogP contribution in [-0.2, 0) is 27.8 Å². The number of sulfonamides is 1. The summed E-state index contributed by atoms with van der Waals surface area (Å²) in [5.41, 5.74) is 3.58. The third kappa shape index (κ3) is 5.75. The van der Waals surface area contributed by atoms with Crippen LogP contribution in [-0.4, -0.2) is 38.6 Å². The Kier molecular flexibility index (Phi) is 7.92. The number of nitrogens with zero attached hydrogens (tertiary/aromatic N) is 1. The Labute approximate surface area is 190 Å². The highest BCUT2D eigenvalue weighted by Gasteiger charge is 2.32. The lowest BCUT2D eigenvalue weighted by Gasteiger charge is -2.35. The molecule has 0 saturated heterocycles. The lowest BCUT2D eigenvalue weighted by atomic mass is 9.79. The molecule has 5 nitrogen and oxygen atoms in total. The van der Waals surface area contributed by atoms with Crippen molar-refractivity contribution in [3.63, 3.8) is 0 Å². The Hall–Kier alpha value is -1.73. The normalized spacial score (nSPS) is 19.5. The van der Waals surface area contributed by atoms with Crippen LogP contribution in [0, 0.1) is 0 Å². The third-order valence-electron chi connectivity index (χ3n) is 6.17. The van der Waals surface area contributed by atoms with Crippen LogP contribution in [0.15, 0.2) is 47.4 Å². The SMILES string of the molecule is CNCc1cc(CC(C)=O)ccc1[C@H]1CC[C@H](N(C)S(=O)(=O)c2ccc(Cl)cc2)CC1. The molecule has 0 bridgehead atoms. The maximum absolute atomic E-state index is 13.0. The summed E-state index contributed by atoms with van der Waals surface area (Å²) in [6.07, 6.45) is 3.98. The second kappa shape index (κ2) is 10.3. The van der Waals surface area contributed by atoms with Gasteiger partial charge in [-0.15, -0.1) is 0 Å². The Bertz CT molecular complexity index is 1010. The molecule has 0 amide bonds. The Balaban J connectivity index is 1.71. The van der Waals surface area contributed by atoms with Crippen molar-refractivity contribution < 1.29 is 13.2 Å². The summed E-state index contributed by atoms with van der Waals surface area (Å²) < 4.78 is 27.5. The minimum absolute atomic E-state index is 0.0123. The zero-order valence-corrected chi connectivity index (χ0v) is 20.0. The number of Topliss-reactive ketones (excluding diaryl/α,β-unsaturated/α-hetero) is 1. The van der Waals surface area contributed by atoms with Gasteiger partial charge in [0, 0.05) is 31.1 Å². The van der Waals surface area contributed by atoms with Crippen molar-refractivity contribution in [1.82, 2.24) is 9.62 Å². The standard InChI is InChI=1S/C24H31ClN2O3S/c1-17(28)14-18-4-13-24(20(15-18)16-26-2)19-5-9-22(10-6-19)27(3)31(29,30)23-11-7-21(25)8-12-23/h4,7-8,11-13,15,19,22,26H,5-6,9-10,14,16H2,1-3H3/t19-,22-. The van der Waals surface area contributed by atoms with Crippen LogP contribution in [0.4, 0.5) is 0 Å². The average Bonchev–Trinajstić information content (AvgIpc) is 2.74. The van der Waals surface area contributed by atoms with Crippen LogP contribution in [0.5, 0.6) is 0 Å². The largest absolute Gasteiger partial charge is 0.316 e. The zero-order chi connectivity index (χ0) is 22.6. The van der Waals surface area contributed by atoms with Gasteiger partial charge in [-0.1, -0.05) is 29.8 Å². The van der Waals surface area contributed by atoms with Crippen LogP contribution in [0.1, 0.15) is 55.2 Å². The van der Waals surface area contributed by atoms with E-state index in [1.807, 2.05) is 7.05 Å². The van der Waals surface area contributed by atoms with Gasteiger partial charge < -0.3 is 5.32 Å². The molecule has 2 aromatic carbocycles. The second-order valence-corrected chi connectivity index (χ2v) is 10.9. The van der Waals surface area contributed by atoms with Crippen LogP contribution in [0.25, 0.3) is 0 Å². The minimum atomic E-state index is -3.54. The van der Waals surface area contributed by atoms with Crippen molar-refractivity contribution in [2.75, 3.05) is 14.1 Å². The van der Waals surface area contributed by atoms with Crippen LogP contribution >= 0.6 is 11.6 Å². The lowest BCUT2D eigenvalue weighted by Crippen LogP contribution is -2.39. The number of nitrogens with one attached hydrogen (secondary N) is 1. The number of halogens is 1. The summed E-state index contributed by atoms with van der Waals surface area (Å²) in [6.45, 7) is 2.37. The quantitative estimate of drug-likeness (QED) is 0.625. The number of benzene rings is 2. The van der Waals surface area contributed by atoms with Crippen molar-refractivity contribution in [2.24, 2.45) is 0 Å². The number of ketones is 1. The van der Waals surface area contributed by atoms with Gasteiger partial charge in [-0.25, -0.2) is 8.42 Å². The van der Waals surface area contributed by atoms with Gasteiger partial charge in [-0.05, 0) is 86.5 Å². The predicted molar refractivity (Wildman–Crippen MR) is 125 cm³/mol. The van der Waals surface area contributed by atoms with Gasteiger partial charge in [0.2, 0.25) is 10.0 Å². The maximum atomic E-state index is 13.0. The third-order valence-corrected chi connectivity index (χ3v) is 8.35. The average molecular weight is 463 g/mol. The van der Waals surface area contributed by atoms with Gasteiger partial charge in [0.25, 0.3) is 0 Å². The number of carbonyl (C=O) groups excluding carboxylic acids is 1. The lowest BCUT2D eigenvalue weighted by molar-refractivity contribution is -0.116. The molecule has 7 heteroatoms. The Morgan fingerprint density at radius 3 is 2.32 bits per heavy atom. The van der Waals surface area contributed by atoms with Crippen molar-refractivity contribution in [3.8, 4) is 0 Å². The van der Waals surface area contributed by atoms with Crippen molar-refractivity contribution in [3.05, 3.63) is 64.2 Å². The summed E-state index contributed by atoms with van der Waals surface area (Å²) in [7, 11) is 0.0653. The summed E-state index contributed by atoms with van der Waals surface area (Å²) >= 11 is 5.90. The zero-order valence-electron chi connectivity index (χ0n) is 18.4. The molecule has 168 valence electrons. The first-order valence-electron chi connectivity index (χ1n) is 10.7. The Morgan fingerprint density at radius 2 is 1.74 bits per heavy atom. The van der Waals surface area contributed by atoms with Crippen molar-refractivity contribution in [2.45, 2.75) is 62.4 Å². The van der Waals surface area contributed by atoms with E-state index < -0.39 is 10.0 Å². The first-order chi connectivity index (χ1) is 14.7. The van der Waals surface area contributed by atoms with Crippen molar-refractivity contribution >= 4 is 27.4 Å². The van der Waals surface area contributed by atoms with Crippen LogP contribution < -0.4 is 5.32 Å². The van der Waals surface area contributed by atoms with E-state index in [1.165, 1.54) is 15.4 Å². The fourth-order valence-electron chi connectivity index (χ4n) is 4.52. The number of carbonyl (C=O) groups is 1. The number of hydrogen-bond donors (Lipinski definition) is 1. The fourth-order valence-corrected chi connectivity index (χ4v) is 6.06. The molecule has 3 rings (SSSR count). The van der Waals surface area contributed by atoms with Crippen LogP contribution in [0.3, 0.4) is 0 Å². The van der Waals surface area contributed by atoms with E-state index in [0.29, 0.717) is 17.4 Å². The minimum Gasteiger partial charge on any atom is -0.316 e. The first kappa shape index (κ1) is 23.9. The van der Waals surface area contributed by atoms with Gasteiger partial charge in [0.15, 0.2) is 0 Å². The van der Waals surface area contributed by atoms with Crippen LogP contribution in [0.2, 0.25) is 5.02 Å². The predicted octanol–water partition coefficient (Wildman–Crippen LogP) is 4.54. The second-order valence-electron chi connectivity index (χ2n) is 8.42. The van der Waals surface area contributed by atoms with Gasteiger partial charge in [0.05, 0.1) is 4.90 Å². The van der Waals surface area contributed by atoms with Gasteiger partial charge in [-0.3, -0.25) is 4.79 Å². The molecule has 0 atom stereocenters. The molecule has 1 fully saturated rings. The molecule has 1 aliphatic carbocycles. The van der Waals surface area contributed by atoms with E-state index >= 15 is 0 Å². The molecule has 31 heavy (non-hydrogen) atoms. The molecule has 0 heterocycles. The molecule has 0 aromatic heterocycles. The molecule has 0 aliphatic heterocycles. The molecule has 1 N–H and O–H groups in total. The van der Waals surface area contributed by atoms with Gasteiger partial charge in [-0.2, -0.15) is 4.31 Å². The first-order valence-corrected chi connectivity index (χ1v) is 12.5. The molecule has 0 radical (unpaired) electrons. The highest BCUT2D eigenvalue weighted by atomic mass is 35.5. The fraction of sp³-hybridized carbons (Fsp3) is 0.458. The maximum Gasteiger partial charge on any atom is 0.243 e. The number of hydrogen-bond acceptors (Lipinski definition) is 4.